The summed E-state index contributed by atoms with van der Waals surface area (Å²) in [6, 6.07) is 11.8. The van der Waals surface area contributed by atoms with Gasteiger partial charge < -0.3 is 5.11 Å². The SMILES string of the molecule is CC.CC(C)c1ccc(-c2ccc(C(=O)O)s2)cc1. The van der Waals surface area contributed by atoms with E-state index in [0.717, 1.165) is 10.4 Å². The van der Waals surface area contributed by atoms with E-state index in [2.05, 4.69) is 26.0 Å². The molecule has 0 spiro atoms. The molecule has 0 aliphatic carbocycles. The predicted molar refractivity (Wildman–Crippen MR) is 82.2 cm³/mol. The lowest BCUT2D eigenvalue weighted by molar-refractivity contribution is 0.0702. The van der Waals surface area contributed by atoms with Crippen molar-refractivity contribution in [2.45, 2.75) is 33.6 Å². The summed E-state index contributed by atoms with van der Waals surface area (Å²) in [4.78, 5) is 12.2. The molecular formula is C16H20O2S. The largest absolute Gasteiger partial charge is 0.477 e. The Morgan fingerprint density at radius 1 is 1.05 bits per heavy atom. The zero-order valence-electron chi connectivity index (χ0n) is 11.8. The third-order valence-corrected chi connectivity index (χ3v) is 3.80. The van der Waals surface area contributed by atoms with Crippen LogP contribution in [0.25, 0.3) is 10.4 Å². The van der Waals surface area contributed by atoms with Crippen LogP contribution in [0.2, 0.25) is 0 Å². The lowest BCUT2D eigenvalue weighted by Crippen LogP contribution is -1.89. The summed E-state index contributed by atoms with van der Waals surface area (Å²) in [6.07, 6.45) is 0. The third kappa shape index (κ3) is 3.93. The molecular weight excluding hydrogens is 256 g/mol. The zero-order chi connectivity index (χ0) is 14.4. The highest BCUT2D eigenvalue weighted by atomic mass is 32.1. The first-order chi connectivity index (χ1) is 9.08. The summed E-state index contributed by atoms with van der Waals surface area (Å²) in [5.41, 5.74) is 2.37. The molecule has 0 radical (unpaired) electrons. The maximum Gasteiger partial charge on any atom is 0.345 e. The van der Waals surface area contributed by atoms with Crippen molar-refractivity contribution in [3.63, 3.8) is 0 Å². The van der Waals surface area contributed by atoms with Crippen LogP contribution in [0.5, 0.6) is 0 Å². The number of carboxylic acid groups (broad SMARTS) is 1. The van der Waals surface area contributed by atoms with Crippen molar-refractivity contribution in [2.75, 3.05) is 0 Å². The molecule has 19 heavy (non-hydrogen) atoms. The van der Waals surface area contributed by atoms with Crippen molar-refractivity contribution in [1.82, 2.24) is 0 Å². The van der Waals surface area contributed by atoms with Crippen LogP contribution < -0.4 is 0 Å². The Kier molecular flexibility index (Phi) is 5.77. The maximum atomic E-state index is 10.8. The first kappa shape index (κ1) is 15.4. The molecule has 2 rings (SSSR count). The Balaban J connectivity index is 0.000000861. The van der Waals surface area contributed by atoms with Crippen molar-refractivity contribution >= 4 is 17.3 Å². The van der Waals surface area contributed by atoms with Gasteiger partial charge in [-0.1, -0.05) is 52.0 Å². The molecule has 1 heterocycles. The first-order valence-electron chi connectivity index (χ1n) is 6.51. The smallest absolute Gasteiger partial charge is 0.345 e. The Labute approximate surface area is 118 Å². The molecule has 0 saturated carbocycles. The number of carbonyl (C=O) groups is 1. The Bertz CT molecular complexity index is 524. The summed E-state index contributed by atoms with van der Waals surface area (Å²) in [7, 11) is 0. The minimum atomic E-state index is -0.861. The van der Waals surface area contributed by atoms with Crippen molar-refractivity contribution in [3.8, 4) is 10.4 Å². The second-order valence-electron chi connectivity index (χ2n) is 4.25. The van der Waals surface area contributed by atoms with E-state index < -0.39 is 5.97 Å². The van der Waals surface area contributed by atoms with E-state index in [4.69, 9.17) is 5.11 Å². The fraction of sp³-hybridized carbons (Fsp3) is 0.312. The summed E-state index contributed by atoms with van der Waals surface area (Å²) >= 11 is 1.31. The molecule has 102 valence electrons. The van der Waals surface area contributed by atoms with E-state index in [9.17, 15) is 4.79 Å². The van der Waals surface area contributed by atoms with E-state index in [0.29, 0.717) is 10.8 Å². The number of carboxylic acids is 1. The van der Waals surface area contributed by atoms with Crippen LogP contribution in [0.15, 0.2) is 36.4 Å². The summed E-state index contributed by atoms with van der Waals surface area (Å²) in [6.45, 7) is 8.31. The van der Waals surface area contributed by atoms with Gasteiger partial charge in [0.25, 0.3) is 0 Å². The lowest BCUT2D eigenvalue weighted by atomic mass is 10.0. The van der Waals surface area contributed by atoms with Gasteiger partial charge in [-0.3, -0.25) is 0 Å². The summed E-state index contributed by atoms with van der Waals surface area (Å²) in [5.74, 6) is -0.345. The maximum absolute atomic E-state index is 10.8. The van der Waals surface area contributed by atoms with Crippen LogP contribution in [0.1, 0.15) is 48.8 Å². The fourth-order valence-electron chi connectivity index (χ4n) is 1.64. The summed E-state index contributed by atoms with van der Waals surface area (Å²) < 4.78 is 0. The van der Waals surface area contributed by atoms with Crippen LogP contribution in [0, 0.1) is 0 Å². The Hall–Kier alpha value is -1.61. The fourth-order valence-corrected chi connectivity index (χ4v) is 2.49. The van der Waals surface area contributed by atoms with Gasteiger partial charge in [-0.05, 0) is 29.2 Å². The van der Waals surface area contributed by atoms with Gasteiger partial charge >= 0.3 is 5.97 Å². The van der Waals surface area contributed by atoms with Crippen LogP contribution in [-0.2, 0) is 0 Å². The number of hydrogen-bond donors (Lipinski definition) is 1. The molecule has 0 atom stereocenters. The number of rotatable bonds is 3. The van der Waals surface area contributed by atoms with Gasteiger partial charge in [-0.2, -0.15) is 0 Å². The molecule has 0 fully saturated rings. The highest BCUT2D eigenvalue weighted by Crippen LogP contribution is 2.29. The van der Waals surface area contributed by atoms with Gasteiger partial charge in [0.2, 0.25) is 0 Å². The van der Waals surface area contributed by atoms with E-state index >= 15 is 0 Å². The van der Waals surface area contributed by atoms with E-state index in [1.54, 1.807) is 6.07 Å². The molecule has 1 aromatic heterocycles. The van der Waals surface area contributed by atoms with Gasteiger partial charge in [0.1, 0.15) is 4.88 Å². The monoisotopic (exact) mass is 276 g/mol. The van der Waals surface area contributed by atoms with Gasteiger partial charge in [0, 0.05) is 4.88 Å². The number of benzene rings is 1. The van der Waals surface area contributed by atoms with Crippen molar-refractivity contribution in [1.29, 1.82) is 0 Å². The molecule has 2 nitrogen and oxygen atoms in total. The van der Waals surface area contributed by atoms with Gasteiger partial charge in [-0.15, -0.1) is 11.3 Å². The predicted octanol–water partition coefficient (Wildman–Crippen LogP) is 5.26. The molecule has 0 saturated heterocycles. The third-order valence-electron chi connectivity index (χ3n) is 2.68. The molecule has 0 aliphatic rings. The average Bonchev–Trinajstić information content (AvgIpc) is 2.91. The number of hydrogen-bond acceptors (Lipinski definition) is 2. The number of aromatic carboxylic acids is 1. The highest BCUT2D eigenvalue weighted by Gasteiger charge is 2.08. The van der Waals surface area contributed by atoms with E-state index in [1.165, 1.54) is 16.9 Å². The second-order valence-corrected chi connectivity index (χ2v) is 5.33. The van der Waals surface area contributed by atoms with Crippen LogP contribution in [0.3, 0.4) is 0 Å². The Morgan fingerprint density at radius 2 is 1.63 bits per heavy atom. The van der Waals surface area contributed by atoms with E-state index in [-0.39, 0.29) is 0 Å². The Morgan fingerprint density at radius 3 is 2.05 bits per heavy atom. The average molecular weight is 276 g/mol. The molecule has 1 aromatic carbocycles. The van der Waals surface area contributed by atoms with Crippen molar-refractivity contribution in [3.05, 3.63) is 46.8 Å². The van der Waals surface area contributed by atoms with Crippen LogP contribution >= 0.6 is 11.3 Å². The van der Waals surface area contributed by atoms with Crippen molar-refractivity contribution in [2.24, 2.45) is 0 Å². The topological polar surface area (TPSA) is 37.3 Å². The molecule has 0 amide bonds. The molecule has 0 bridgehead atoms. The zero-order valence-corrected chi connectivity index (χ0v) is 12.6. The molecule has 1 N–H and O–H groups in total. The second kappa shape index (κ2) is 7.10. The quantitative estimate of drug-likeness (QED) is 0.830. The normalized spacial score (nSPS) is 9.95. The molecule has 0 aliphatic heterocycles. The van der Waals surface area contributed by atoms with Gasteiger partial charge in [0.15, 0.2) is 0 Å². The van der Waals surface area contributed by atoms with Gasteiger partial charge in [0.05, 0.1) is 0 Å². The van der Waals surface area contributed by atoms with Crippen LogP contribution in [-0.4, -0.2) is 11.1 Å². The molecule has 0 unspecified atom stereocenters. The lowest BCUT2D eigenvalue weighted by Gasteiger charge is -2.05. The minimum absolute atomic E-state index is 0.382. The standard InChI is InChI=1S/C14H14O2S.C2H6/c1-9(2)10-3-5-11(6-4-10)12-7-8-13(17-12)14(15)16;1-2/h3-9H,1-2H3,(H,15,16);1-2H3. The summed E-state index contributed by atoms with van der Waals surface area (Å²) in [5, 5.41) is 8.87. The van der Waals surface area contributed by atoms with Gasteiger partial charge in [-0.25, -0.2) is 4.79 Å². The minimum Gasteiger partial charge on any atom is -0.477 e. The van der Waals surface area contributed by atoms with Crippen molar-refractivity contribution < 1.29 is 9.90 Å². The first-order valence-corrected chi connectivity index (χ1v) is 7.33. The van der Waals surface area contributed by atoms with E-state index in [1.807, 2.05) is 32.0 Å². The number of thiophene rings is 1. The highest BCUT2D eigenvalue weighted by molar-refractivity contribution is 7.17. The van der Waals surface area contributed by atoms with Crippen LogP contribution in [0.4, 0.5) is 0 Å². The molecule has 3 heteroatoms. The molecule has 2 aromatic rings.